The molecule has 1 N–H and O–H groups in total. The van der Waals surface area contributed by atoms with Gasteiger partial charge < -0.3 is 14.6 Å². The normalized spacial score (nSPS) is 19.0. The fourth-order valence-corrected chi connectivity index (χ4v) is 5.40. The molecule has 34 heavy (non-hydrogen) atoms. The Bertz CT molecular complexity index is 1320. The quantitative estimate of drug-likeness (QED) is 0.567. The molecule has 0 bridgehead atoms. The minimum Gasteiger partial charge on any atom is -0.404 e. The van der Waals surface area contributed by atoms with Crippen molar-refractivity contribution >= 4 is 15.7 Å². The number of ether oxygens (including phenoxy) is 1. The van der Waals surface area contributed by atoms with Crippen LogP contribution < -0.4 is 10.1 Å². The van der Waals surface area contributed by atoms with Crippen molar-refractivity contribution in [1.82, 2.24) is 13.9 Å². The van der Waals surface area contributed by atoms with Gasteiger partial charge in [-0.15, -0.1) is 13.2 Å². The minimum absolute atomic E-state index is 0.0668. The molecule has 0 unspecified atom stereocenters. The van der Waals surface area contributed by atoms with E-state index in [-0.39, 0.29) is 29.6 Å². The van der Waals surface area contributed by atoms with E-state index in [2.05, 4.69) is 15.0 Å². The molecule has 12 heteroatoms. The van der Waals surface area contributed by atoms with Gasteiger partial charge in [-0.2, -0.15) is 9.57 Å². The first-order valence-electron chi connectivity index (χ1n) is 10.2. The van der Waals surface area contributed by atoms with E-state index in [1.807, 2.05) is 30.3 Å². The van der Waals surface area contributed by atoms with Gasteiger partial charge in [0.15, 0.2) is 5.03 Å². The van der Waals surface area contributed by atoms with Crippen molar-refractivity contribution in [3.05, 3.63) is 72.2 Å². The monoisotopic (exact) mass is 491 g/mol. The van der Waals surface area contributed by atoms with E-state index >= 15 is 0 Å². The van der Waals surface area contributed by atoms with Gasteiger partial charge in [0.05, 0.1) is 11.9 Å². The number of alkyl halides is 3. The maximum Gasteiger partial charge on any atom is 0.573 e. The highest BCUT2D eigenvalue weighted by atomic mass is 32.2. The van der Waals surface area contributed by atoms with Crippen LogP contribution in [-0.2, 0) is 17.1 Å². The van der Waals surface area contributed by atoms with E-state index in [0.717, 1.165) is 11.6 Å². The number of hydrogen-bond donors (Lipinski definition) is 1. The number of aromatic nitrogens is 2. The average molecular weight is 491 g/mol. The number of anilines is 1. The highest BCUT2D eigenvalue weighted by Gasteiger charge is 2.41. The molecular weight excluding hydrogens is 471 g/mol. The van der Waals surface area contributed by atoms with Crippen LogP contribution in [0.1, 0.15) is 17.0 Å². The molecule has 0 aliphatic carbocycles. The van der Waals surface area contributed by atoms with Gasteiger partial charge in [0, 0.05) is 44.0 Å². The van der Waals surface area contributed by atoms with Crippen LogP contribution in [0.15, 0.2) is 66.1 Å². The summed E-state index contributed by atoms with van der Waals surface area (Å²) in [7, 11) is -2.19. The molecule has 178 valence electrons. The van der Waals surface area contributed by atoms with Crippen molar-refractivity contribution in [2.75, 3.05) is 18.4 Å². The predicted octanol–water partition coefficient (Wildman–Crippen LogP) is 3.46. The summed E-state index contributed by atoms with van der Waals surface area (Å²) in [5.74, 6) is -0.859. The number of hydrogen-bond acceptors (Lipinski definition) is 6. The third-order valence-electron chi connectivity index (χ3n) is 5.48. The summed E-state index contributed by atoms with van der Waals surface area (Å²) in [5.41, 5.74) is 0.972. The van der Waals surface area contributed by atoms with E-state index in [9.17, 15) is 26.9 Å². The van der Waals surface area contributed by atoms with Crippen molar-refractivity contribution < 1.29 is 26.3 Å². The van der Waals surface area contributed by atoms with Crippen molar-refractivity contribution in [2.24, 2.45) is 7.05 Å². The van der Waals surface area contributed by atoms with Gasteiger partial charge in [0.1, 0.15) is 11.8 Å². The molecule has 1 saturated heterocycles. The number of benzene rings is 2. The summed E-state index contributed by atoms with van der Waals surface area (Å²) in [6.07, 6.45) is -2.10. The molecule has 3 aromatic rings. The van der Waals surface area contributed by atoms with Gasteiger partial charge in [-0.25, -0.2) is 13.4 Å². The largest absolute Gasteiger partial charge is 0.573 e. The minimum atomic E-state index is -4.93. The molecule has 0 saturated carbocycles. The maximum atomic E-state index is 13.2. The summed E-state index contributed by atoms with van der Waals surface area (Å²) in [6, 6.07) is 14.3. The van der Waals surface area contributed by atoms with Gasteiger partial charge in [-0.3, -0.25) is 0 Å². The van der Waals surface area contributed by atoms with Gasteiger partial charge in [-0.1, -0.05) is 30.3 Å². The molecule has 2 aromatic carbocycles. The molecule has 1 aromatic heterocycles. The highest BCUT2D eigenvalue weighted by Crippen LogP contribution is 2.34. The fourth-order valence-electron chi connectivity index (χ4n) is 3.94. The SMILES string of the molecule is Cn1cnc(S(=O)(=O)N2C[C@H](Nc3ccc(OC(F)(F)F)c(C#N)c3)[C@@H](c3ccccc3)C2)c1. The van der Waals surface area contributed by atoms with Crippen LogP contribution in [0.5, 0.6) is 5.75 Å². The van der Waals surface area contributed by atoms with Crippen LogP contribution in [0, 0.1) is 11.3 Å². The average Bonchev–Trinajstić information content (AvgIpc) is 3.42. The molecule has 1 aliphatic heterocycles. The second-order valence-electron chi connectivity index (χ2n) is 7.84. The van der Waals surface area contributed by atoms with E-state index in [1.165, 1.54) is 29.0 Å². The van der Waals surface area contributed by atoms with Gasteiger partial charge in [-0.05, 0) is 23.8 Å². The van der Waals surface area contributed by atoms with Crippen molar-refractivity contribution in [3.63, 3.8) is 0 Å². The van der Waals surface area contributed by atoms with E-state index < -0.39 is 28.2 Å². The predicted molar refractivity (Wildman–Crippen MR) is 116 cm³/mol. The van der Waals surface area contributed by atoms with E-state index in [0.29, 0.717) is 5.69 Å². The lowest BCUT2D eigenvalue weighted by Crippen LogP contribution is -2.32. The zero-order valence-corrected chi connectivity index (χ0v) is 18.7. The van der Waals surface area contributed by atoms with Crippen LogP contribution in [0.25, 0.3) is 0 Å². The summed E-state index contributed by atoms with van der Waals surface area (Å²) in [5, 5.41) is 12.4. The lowest BCUT2D eigenvalue weighted by atomic mass is 9.94. The Morgan fingerprint density at radius 1 is 1.18 bits per heavy atom. The Hall–Kier alpha value is -3.56. The Labute approximate surface area is 194 Å². The molecule has 1 fully saturated rings. The Morgan fingerprint density at radius 3 is 2.53 bits per heavy atom. The number of nitrogens with zero attached hydrogens (tertiary/aromatic N) is 4. The van der Waals surface area contributed by atoms with Crippen LogP contribution in [0.3, 0.4) is 0 Å². The van der Waals surface area contributed by atoms with Gasteiger partial charge in [0.2, 0.25) is 0 Å². The lowest BCUT2D eigenvalue weighted by Gasteiger charge is -2.22. The molecule has 0 radical (unpaired) electrons. The number of imidazole rings is 1. The smallest absolute Gasteiger partial charge is 0.404 e. The molecule has 0 amide bonds. The number of nitrogens with one attached hydrogen (secondary N) is 1. The lowest BCUT2D eigenvalue weighted by molar-refractivity contribution is -0.274. The summed E-state index contributed by atoms with van der Waals surface area (Å²) < 4.78 is 70.9. The number of nitriles is 1. The molecule has 2 heterocycles. The first-order chi connectivity index (χ1) is 16.1. The highest BCUT2D eigenvalue weighted by molar-refractivity contribution is 7.89. The van der Waals surface area contributed by atoms with Crippen LogP contribution in [0.2, 0.25) is 0 Å². The van der Waals surface area contributed by atoms with Gasteiger partial charge >= 0.3 is 6.36 Å². The number of rotatable bonds is 6. The van der Waals surface area contributed by atoms with E-state index in [1.54, 1.807) is 17.7 Å². The zero-order chi connectivity index (χ0) is 24.5. The van der Waals surface area contributed by atoms with Gasteiger partial charge in [0.25, 0.3) is 10.0 Å². The molecule has 2 atom stereocenters. The summed E-state index contributed by atoms with van der Waals surface area (Å²) >= 11 is 0. The van der Waals surface area contributed by atoms with E-state index in [4.69, 9.17) is 0 Å². The van der Waals surface area contributed by atoms with Crippen LogP contribution >= 0.6 is 0 Å². The maximum absolute atomic E-state index is 13.2. The zero-order valence-electron chi connectivity index (χ0n) is 17.9. The topological polar surface area (TPSA) is 100 Å². The Morgan fingerprint density at radius 2 is 1.91 bits per heavy atom. The summed E-state index contributed by atoms with van der Waals surface area (Å²) in [6.45, 7) is 0.280. The van der Waals surface area contributed by atoms with Crippen molar-refractivity contribution in [2.45, 2.75) is 23.3 Å². The molecule has 4 rings (SSSR count). The second-order valence-corrected chi connectivity index (χ2v) is 9.72. The second kappa shape index (κ2) is 9.00. The van der Waals surface area contributed by atoms with Crippen molar-refractivity contribution in [3.8, 4) is 11.8 Å². The number of aryl methyl sites for hydroxylation is 1. The first-order valence-corrected chi connectivity index (χ1v) is 11.6. The molecule has 1 aliphatic rings. The fraction of sp³-hybridized carbons (Fsp3) is 0.273. The summed E-state index contributed by atoms with van der Waals surface area (Å²) in [4.78, 5) is 3.97. The molecule has 0 spiro atoms. The van der Waals surface area contributed by atoms with Crippen LogP contribution in [-0.4, -0.2) is 47.8 Å². The Kier molecular flexibility index (Phi) is 6.24. The molecule has 8 nitrogen and oxygen atoms in total. The number of halogens is 3. The third kappa shape index (κ3) is 5.00. The third-order valence-corrected chi connectivity index (χ3v) is 7.19. The Balaban J connectivity index is 1.63. The number of sulfonamides is 1. The first kappa shape index (κ1) is 23.6. The molecular formula is C22H20F3N5O3S. The standard InChI is InChI=1S/C22H20F3N5O3S/c1-29-13-21(27-14-29)34(31,32)30-11-18(15-5-3-2-4-6-15)19(12-30)28-17-7-8-20(16(9-17)10-26)33-22(23,24)25/h2-9,13-14,18-19,28H,11-12H2,1H3/t18-,19+/m1/s1. The van der Waals surface area contributed by atoms with Crippen molar-refractivity contribution in [1.29, 1.82) is 5.26 Å². The van der Waals surface area contributed by atoms with Crippen LogP contribution in [0.4, 0.5) is 18.9 Å².